The number of unbranched alkanes of at least 4 members (excludes halogenated alkanes) is 1. The second-order valence-electron chi connectivity index (χ2n) is 5.09. The van der Waals surface area contributed by atoms with Crippen LogP contribution in [0.2, 0.25) is 0 Å². The smallest absolute Gasteiger partial charge is 0.0973 e. The SMILES string of the molecule is CCC1CC#CCCC1CCCCC(C)F.O. The van der Waals surface area contributed by atoms with Crippen molar-refractivity contribution in [3.63, 3.8) is 0 Å². The molecule has 3 atom stereocenters. The van der Waals surface area contributed by atoms with E-state index in [4.69, 9.17) is 0 Å². The zero-order valence-corrected chi connectivity index (χ0v) is 11.3. The van der Waals surface area contributed by atoms with Crippen molar-refractivity contribution in [3.8, 4) is 11.8 Å². The van der Waals surface area contributed by atoms with Crippen LogP contribution in [-0.4, -0.2) is 11.6 Å². The van der Waals surface area contributed by atoms with Gasteiger partial charge in [0.2, 0.25) is 0 Å². The Morgan fingerprint density at radius 1 is 1.24 bits per heavy atom. The Morgan fingerprint density at radius 3 is 2.65 bits per heavy atom. The van der Waals surface area contributed by atoms with E-state index >= 15 is 0 Å². The van der Waals surface area contributed by atoms with E-state index in [1.54, 1.807) is 6.92 Å². The molecule has 1 aliphatic rings. The Kier molecular flexibility index (Phi) is 9.17. The van der Waals surface area contributed by atoms with Gasteiger partial charge in [0.15, 0.2) is 0 Å². The Labute approximate surface area is 105 Å². The summed E-state index contributed by atoms with van der Waals surface area (Å²) in [7, 11) is 0. The topological polar surface area (TPSA) is 31.5 Å². The fourth-order valence-corrected chi connectivity index (χ4v) is 2.64. The first-order chi connectivity index (χ1) is 7.74. The average molecular weight is 242 g/mol. The Morgan fingerprint density at radius 2 is 2.00 bits per heavy atom. The summed E-state index contributed by atoms with van der Waals surface area (Å²) < 4.78 is 12.7. The van der Waals surface area contributed by atoms with Gasteiger partial charge in [-0.25, -0.2) is 4.39 Å². The highest BCUT2D eigenvalue weighted by Crippen LogP contribution is 2.30. The molecule has 0 saturated carbocycles. The molecule has 100 valence electrons. The van der Waals surface area contributed by atoms with E-state index < -0.39 is 6.17 Å². The van der Waals surface area contributed by atoms with Crippen molar-refractivity contribution in [2.45, 2.75) is 71.4 Å². The van der Waals surface area contributed by atoms with E-state index in [9.17, 15) is 4.39 Å². The highest BCUT2D eigenvalue weighted by atomic mass is 19.1. The lowest BCUT2D eigenvalue weighted by molar-refractivity contribution is 0.277. The van der Waals surface area contributed by atoms with Gasteiger partial charge in [-0.2, -0.15) is 0 Å². The van der Waals surface area contributed by atoms with Gasteiger partial charge in [-0.05, 0) is 31.6 Å². The van der Waals surface area contributed by atoms with Gasteiger partial charge in [-0.15, -0.1) is 11.8 Å². The standard InChI is InChI=1S/C15H25F.H2O/c1-3-14-10-5-4-6-11-15(14)12-8-7-9-13(2)16;/h13-15H,3,6-12H2,1-2H3;1H2. The first-order valence-electron chi connectivity index (χ1n) is 6.83. The highest BCUT2D eigenvalue weighted by Gasteiger charge is 2.19. The largest absolute Gasteiger partial charge is 0.412 e. The molecule has 2 N–H and O–H groups in total. The van der Waals surface area contributed by atoms with E-state index in [2.05, 4.69) is 18.8 Å². The van der Waals surface area contributed by atoms with Crippen LogP contribution in [0.15, 0.2) is 0 Å². The summed E-state index contributed by atoms with van der Waals surface area (Å²) in [6, 6.07) is 0. The maximum Gasteiger partial charge on any atom is 0.0973 e. The lowest BCUT2D eigenvalue weighted by Crippen LogP contribution is -2.13. The van der Waals surface area contributed by atoms with Crippen LogP contribution >= 0.6 is 0 Å². The number of halogens is 1. The molecule has 0 spiro atoms. The van der Waals surface area contributed by atoms with Crippen molar-refractivity contribution in [2.24, 2.45) is 11.8 Å². The van der Waals surface area contributed by atoms with Crippen molar-refractivity contribution in [1.29, 1.82) is 0 Å². The predicted octanol–water partition coefficient (Wildman–Crippen LogP) is 3.91. The molecule has 1 nitrogen and oxygen atoms in total. The molecule has 0 aliphatic heterocycles. The summed E-state index contributed by atoms with van der Waals surface area (Å²) in [6.07, 6.45) is 8.28. The van der Waals surface area contributed by atoms with Gasteiger partial charge in [-0.1, -0.05) is 32.6 Å². The van der Waals surface area contributed by atoms with Gasteiger partial charge in [0.05, 0.1) is 6.17 Å². The first kappa shape index (κ1) is 16.4. The molecule has 0 saturated heterocycles. The van der Waals surface area contributed by atoms with E-state index in [1.165, 1.54) is 25.7 Å². The molecule has 0 radical (unpaired) electrons. The zero-order chi connectivity index (χ0) is 11.8. The van der Waals surface area contributed by atoms with Crippen molar-refractivity contribution >= 4 is 0 Å². The third kappa shape index (κ3) is 6.68. The molecule has 0 aromatic carbocycles. The second-order valence-corrected chi connectivity index (χ2v) is 5.09. The van der Waals surface area contributed by atoms with Crippen LogP contribution in [0.4, 0.5) is 4.39 Å². The highest BCUT2D eigenvalue weighted by molar-refractivity contribution is 5.03. The zero-order valence-electron chi connectivity index (χ0n) is 11.3. The summed E-state index contributed by atoms with van der Waals surface area (Å²) in [4.78, 5) is 0. The third-order valence-electron chi connectivity index (χ3n) is 3.75. The molecular weight excluding hydrogens is 215 g/mol. The normalized spacial score (nSPS) is 25.1. The van der Waals surface area contributed by atoms with Crippen LogP contribution < -0.4 is 0 Å². The fraction of sp³-hybridized carbons (Fsp3) is 0.867. The number of rotatable bonds is 6. The van der Waals surface area contributed by atoms with Crippen LogP contribution in [0.1, 0.15) is 65.2 Å². The summed E-state index contributed by atoms with van der Waals surface area (Å²) >= 11 is 0. The second kappa shape index (κ2) is 9.48. The molecule has 0 bridgehead atoms. The van der Waals surface area contributed by atoms with E-state index in [0.29, 0.717) is 0 Å². The minimum absolute atomic E-state index is 0. The molecular formula is C15H27FO. The van der Waals surface area contributed by atoms with Crippen LogP contribution in [-0.2, 0) is 0 Å². The quantitative estimate of drug-likeness (QED) is 0.499. The molecule has 1 rings (SSSR count). The van der Waals surface area contributed by atoms with Crippen molar-refractivity contribution in [1.82, 2.24) is 0 Å². The monoisotopic (exact) mass is 242 g/mol. The summed E-state index contributed by atoms with van der Waals surface area (Å²) in [5, 5.41) is 0. The number of alkyl halides is 1. The van der Waals surface area contributed by atoms with Gasteiger partial charge >= 0.3 is 0 Å². The Bertz CT molecular complexity index is 239. The van der Waals surface area contributed by atoms with Crippen LogP contribution in [0.25, 0.3) is 0 Å². The maximum atomic E-state index is 12.7. The fourth-order valence-electron chi connectivity index (χ4n) is 2.64. The molecule has 0 aromatic rings. The molecule has 0 heterocycles. The van der Waals surface area contributed by atoms with Crippen molar-refractivity contribution in [2.75, 3.05) is 0 Å². The molecule has 0 aromatic heterocycles. The third-order valence-corrected chi connectivity index (χ3v) is 3.75. The van der Waals surface area contributed by atoms with Crippen LogP contribution in [0.5, 0.6) is 0 Å². The Hall–Kier alpha value is -0.550. The minimum Gasteiger partial charge on any atom is -0.412 e. The van der Waals surface area contributed by atoms with E-state index in [1.807, 2.05) is 0 Å². The van der Waals surface area contributed by atoms with Crippen LogP contribution in [0, 0.1) is 23.7 Å². The first-order valence-corrected chi connectivity index (χ1v) is 6.83. The minimum atomic E-state index is -0.626. The van der Waals surface area contributed by atoms with E-state index in [0.717, 1.165) is 37.5 Å². The summed E-state index contributed by atoms with van der Waals surface area (Å²) in [6.45, 7) is 3.93. The van der Waals surface area contributed by atoms with Crippen LogP contribution in [0.3, 0.4) is 0 Å². The molecule has 0 amide bonds. The van der Waals surface area contributed by atoms with Gasteiger partial charge in [0.1, 0.15) is 0 Å². The molecule has 1 aliphatic carbocycles. The van der Waals surface area contributed by atoms with Crippen molar-refractivity contribution in [3.05, 3.63) is 0 Å². The lowest BCUT2D eigenvalue weighted by atomic mass is 9.82. The molecule has 3 unspecified atom stereocenters. The number of hydrogen-bond donors (Lipinski definition) is 0. The molecule has 2 heteroatoms. The van der Waals surface area contributed by atoms with E-state index in [-0.39, 0.29) is 5.48 Å². The van der Waals surface area contributed by atoms with Gasteiger partial charge < -0.3 is 5.48 Å². The van der Waals surface area contributed by atoms with Gasteiger partial charge in [-0.3, -0.25) is 0 Å². The van der Waals surface area contributed by atoms with Gasteiger partial charge in [0, 0.05) is 12.8 Å². The predicted molar refractivity (Wildman–Crippen MR) is 71.5 cm³/mol. The number of hydrogen-bond acceptors (Lipinski definition) is 0. The average Bonchev–Trinajstić information content (AvgIpc) is 2.48. The van der Waals surface area contributed by atoms with Gasteiger partial charge in [0.25, 0.3) is 0 Å². The van der Waals surface area contributed by atoms with Crippen molar-refractivity contribution < 1.29 is 9.87 Å². The Balaban J connectivity index is 0.00000256. The summed E-state index contributed by atoms with van der Waals surface area (Å²) in [5.41, 5.74) is 0. The molecule has 0 fully saturated rings. The molecule has 17 heavy (non-hydrogen) atoms. The lowest BCUT2D eigenvalue weighted by Gasteiger charge is -2.23. The maximum absolute atomic E-state index is 12.7. The summed E-state index contributed by atoms with van der Waals surface area (Å²) in [5.74, 6) is 8.13.